The Morgan fingerprint density at radius 2 is 1.78 bits per heavy atom. The predicted molar refractivity (Wildman–Crippen MR) is 71.6 cm³/mol. The van der Waals surface area contributed by atoms with Crippen molar-refractivity contribution in [3.8, 4) is 5.75 Å². The van der Waals surface area contributed by atoms with Crippen LogP contribution in [0.25, 0.3) is 0 Å². The highest BCUT2D eigenvalue weighted by molar-refractivity contribution is 5.53. The second-order valence-corrected chi connectivity index (χ2v) is 4.86. The van der Waals surface area contributed by atoms with Crippen LogP contribution in [0.1, 0.15) is 26.3 Å². The summed E-state index contributed by atoms with van der Waals surface area (Å²) >= 11 is 0. The molecule has 0 aromatic heterocycles. The Balaban J connectivity index is 2.58. The van der Waals surface area contributed by atoms with Gasteiger partial charge in [0.05, 0.1) is 19.8 Å². The lowest BCUT2D eigenvalue weighted by molar-refractivity contribution is -0.117. The van der Waals surface area contributed by atoms with Crippen molar-refractivity contribution in [3.63, 3.8) is 0 Å². The lowest BCUT2D eigenvalue weighted by Crippen LogP contribution is -2.28. The molecule has 3 nitrogen and oxygen atoms in total. The van der Waals surface area contributed by atoms with Crippen molar-refractivity contribution in [2.45, 2.75) is 33.5 Å². The Labute approximate surface area is 109 Å². The van der Waals surface area contributed by atoms with Gasteiger partial charge in [0.2, 0.25) is 0 Å². The molecular formula is C15H22O3. The first-order chi connectivity index (χ1) is 8.58. The molecule has 0 radical (unpaired) electrons. The van der Waals surface area contributed by atoms with Crippen molar-refractivity contribution in [1.29, 1.82) is 0 Å². The van der Waals surface area contributed by atoms with Gasteiger partial charge in [0, 0.05) is 5.92 Å². The summed E-state index contributed by atoms with van der Waals surface area (Å²) in [4.78, 5) is 10.8. The number of benzene rings is 1. The molecule has 0 aliphatic rings. The normalized spacial score (nSPS) is 14.3. The van der Waals surface area contributed by atoms with Crippen molar-refractivity contribution < 1.29 is 14.3 Å². The van der Waals surface area contributed by atoms with Crippen molar-refractivity contribution in [3.05, 3.63) is 29.8 Å². The molecule has 18 heavy (non-hydrogen) atoms. The predicted octanol–water partition coefficient (Wildman–Crippen LogP) is 3.07. The van der Waals surface area contributed by atoms with Crippen LogP contribution < -0.4 is 4.74 Å². The van der Waals surface area contributed by atoms with Crippen LogP contribution in [0.15, 0.2) is 24.3 Å². The number of methoxy groups -OCH3 is 1. The van der Waals surface area contributed by atoms with Gasteiger partial charge in [0.25, 0.3) is 0 Å². The summed E-state index contributed by atoms with van der Waals surface area (Å²) in [6, 6.07) is 7.77. The van der Waals surface area contributed by atoms with Crippen LogP contribution in [0.2, 0.25) is 0 Å². The van der Waals surface area contributed by atoms with E-state index < -0.39 is 0 Å². The third kappa shape index (κ3) is 4.15. The molecule has 0 heterocycles. The summed E-state index contributed by atoms with van der Waals surface area (Å²) in [6.07, 6.45) is 0.920. The minimum atomic E-state index is -0.0803. The third-order valence-electron chi connectivity index (χ3n) is 2.99. The second kappa shape index (κ2) is 7.17. The molecule has 0 saturated heterocycles. The lowest BCUT2D eigenvalue weighted by atomic mass is 9.96. The number of ether oxygens (including phenoxy) is 2. The molecule has 0 amide bonds. The molecule has 0 aliphatic heterocycles. The van der Waals surface area contributed by atoms with Crippen LogP contribution in [0.3, 0.4) is 0 Å². The van der Waals surface area contributed by atoms with Crippen LogP contribution >= 0.6 is 0 Å². The molecule has 0 N–H and O–H groups in total. The summed E-state index contributed by atoms with van der Waals surface area (Å²) in [5, 5.41) is 0. The number of hydrogen-bond acceptors (Lipinski definition) is 3. The van der Waals surface area contributed by atoms with Gasteiger partial charge in [0.15, 0.2) is 0 Å². The Hall–Kier alpha value is -1.35. The van der Waals surface area contributed by atoms with E-state index in [4.69, 9.17) is 9.47 Å². The number of hydrogen-bond donors (Lipinski definition) is 0. The molecule has 0 fully saturated rings. The fourth-order valence-electron chi connectivity index (χ4n) is 1.94. The SMILES string of the molecule is COc1ccc(COC(C(C)C)C(C)C=O)cc1. The van der Waals surface area contributed by atoms with E-state index in [-0.39, 0.29) is 12.0 Å². The van der Waals surface area contributed by atoms with Gasteiger partial charge in [-0.05, 0) is 23.6 Å². The number of rotatable bonds is 7. The largest absolute Gasteiger partial charge is 0.497 e. The molecule has 100 valence electrons. The van der Waals surface area contributed by atoms with E-state index in [1.807, 2.05) is 31.2 Å². The summed E-state index contributed by atoms with van der Waals surface area (Å²) < 4.78 is 10.9. The highest BCUT2D eigenvalue weighted by Crippen LogP contribution is 2.18. The highest BCUT2D eigenvalue weighted by Gasteiger charge is 2.21. The molecule has 3 heteroatoms. The molecule has 1 aromatic rings. The smallest absolute Gasteiger partial charge is 0.125 e. The van der Waals surface area contributed by atoms with E-state index in [1.54, 1.807) is 7.11 Å². The standard InChI is InChI=1S/C15H22O3/c1-11(2)15(12(3)9-16)18-10-13-5-7-14(17-4)8-6-13/h5-9,11-12,15H,10H2,1-4H3. The van der Waals surface area contributed by atoms with Gasteiger partial charge in [0.1, 0.15) is 12.0 Å². The fraction of sp³-hybridized carbons (Fsp3) is 0.533. The maximum absolute atomic E-state index is 10.8. The van der Waals surface area contributed by atoms with Gasteiger partial charge < -0.3 is 14.3 Å². The van der Waals surface area contributed by atoms with E-state index in [1.165, 1.54) is 0 Å². The summed E-state index contributed by atoms with van der Waals surface area (Å²) in [5.74, 6) is 1.08. The second-order valence-electron chi connectivity index (χ2n) is 4.86. The molecule has 0 aliphatic carbocycles. The molecule has 0 saturated carbocycles. The molecule has 0 spiro atoms. The zero-order valence-corrected chi connectivity index (χ0v) is 11.6. The van der Waals surface area contributed by atoms with Crippen LogP contribution in [0.5, 0.6) is 5.75 Å². The maximum Gasteiger partial charge on any atom is 0.125 e. The van der Waals surface area contributed by atoms with Crippen molar-refractivity contribution in [2.24, 2.45) is 11.8 Å². The van der Waals surface area contributed by atoms with Gasteiger partial charge in [-0.1, -0.05) is 32.9 Å². The van der Waals surface area contributed by atoms with Crippen LogP contribution in [-0.2, 0) is 16.1 Å². The molecule has 1 aromatic carbocycles. The third-order valence-corrected chi connectivity index (χ3v) is 2.99. The fourth-order valence-corrected chi connectivity index (χ4v) is 1.94. The monoisotopic (exact) mass is 250 g/mol. The minimum absolute atomic E-state index is 0.0374. The maximum atomic E-state index is 10.8. The van der Waals surface area contributed by atoms with Crippen molar-refractivity contribution in [1.82, 2.24) is 0 Å². The summed E-state index contributed by atoms with van der Waals surface area (Å²) in [5.41, 5.74) is 1.08. The zero-order chi connectivity index (χ0) is 13.5. The average Bonchev–Trinajstić information content (AvgIpc) is 2.39. The van der Waals surface area contributed by atoms with Crippen LogP contribution in [0, 0.1) is 11.8 Å². The van der Waals surface area contributed by atoms with Crippen LogP contribution in [-0.4, -0.2) is 19.5 Å². The van der Waals surface area contributed by atoms with Gasteiger partial charge in [-0.15, -0.1) is 0 Å². The molecule has 0 bridgehead atoms. The van der Waals surface area contributed by atoms with E-state index in [0.29, 0.717) is 12.5 Å². The first-order valence-electron chi connectivity index (χ1n) is 6.28. The Bertz CT molecular complexity index is 357. The Morgan fingerprint density at radius 1 is 1.17 bits per heavy atom. The minimum Gasteiger partial charge on any atom is -0.497 e. The highest BCUT2D eigenvalue weighted by atomic mass is 16.5. The number of aldehydes is 1. The molecule has 2 atom stereocenters. The van der Waals surface area contributed by atoms with Gasteiger partial charge in [-0.3, -0.25) is 0 Å². The lowest BCUT2D eigenvalue weighted by Gasteiger charge is -2.24. The molecule has 2 unspecified atom stereocenters. The Morgan fingerprint density at radius 3 is 2.22 bits per heavy atom. The van der Waals surface area contributed by atoms with Crippen LogP contribution in [0.4, 0.5) is 0 Å². The van der Waals surface area contributed by atoms with Gasteiger partial charge in [-0.25, -0.2) is 0 Å². The molecule has 1 rings (SSSR count). The number of carbonyl (C=O) groups excluding carboxylic acids is 1. The van der Waals surface area contributed by atoms with E-state index in [9.17, 15) is 4.79 Å². The van der Waals surface area contributed by atoms with E-state index >= 15 is 0 Å². The van der Waals surface area contributed by atoms with E-state index in [0.717, 1.165) is 17.6 Å². The van der Waals surface area contributed by atoms with E-state index in [2.05, 4.69) is 13.8 Å². The van der Waals surface area contributed by atoms with Crippen molar-refractivity contribution in [2.75, 3.05) is 7.11 Å². The van der Waals surface area contributed by atoms with Gasteiger partial charge >= 0.3 is 0 Å². The quantitative estimate of drug-likeness (QED) is 0.698. The van der Waals surface area contributed by atoms with Crippen molar-refractivity contribution >= 4 is 6.29 Å². The number of carbonyl (C=O) groups is 1. The average molecular weight is 250 g/mol. The first-order valence-corrected chi connectivity index (χ1v) is 6.28. The summed E-state index contributed by atoms with van der Waals surface area (Å²) in [6.45, 7) is 6.55. The van der Waals surface area contributed by atoms with Gasteiger partial charge in [-0.2, -0.15) is 0 Å². The first kappa shape index (κ1) is 14.7. The summed E-state index contributed by atoms with van der Waals surface area (Å²) in [7, 11) is 1.64. The Kier molecular flexibility index (Phi) is 5.86. The zero-order valence-electron chi connectivity index (χ0n) is 11.6. The molecular weight excluding hydrogens is 228 g/mol. The topological polar surface area (TPSA) is 35.5 Å².